The first kappa shape index (κ1) is 10.7. The lowest BCUT2D eigenvalue weighted by atomic mass is 9.84. The maximum Gasteiger partial charge on any atom is 0.227 e. The molecule has 15 heavy (non-hydrogen) atoms. The third-order valence-electron chi connectivity index (χ3n) is 3.51. The molecule has 3 heteroatoms. The van der Waals surface area contributed by atoms with E-state index < -0.39 is 0 Å². The van der Waals surface area contributed by atoms with E-state index in [2.05, 4.69) is 12.2 Å². The Morgan fingerprint density at radius 3 is 2.73 bits per heavy atom. The minimum absolute atomic E-state index is 0.0882. The molecule has 1 fully saturated rings. The summed E-state index contributed by atoms with van der Waals surface area (Å²) in [5, 5.41) is 0. The van der Waals surface area contributed by atoms with E-state index in [1.54, 1.807) is 0 Å². The Hall–Kier alpha value is -0.830. The average molecular weight is 208 g/mol. The molecular formula is C12H20N2O. The molecule has 2 unspecified atom stereocenters. The van der Waals surface area contributed by atoms with Gasteiger partial charge in [0.05, 0.1) is 5.92 Å². The molecule has 0 bridgehead atoms. The first-order valence-corrected chi connectivity index (χ1v) is 5.98. The molecule has 0 spiro atoms. The van der Waals surface area contributed by atoms with Crippen molar-refractivity contribution < 1.29 is 4.79 Å². The summed E-state index contributed by atoms with van der Waals surface area (Å²) in [4.78, 5) is 14.1. The number of amides is 1. The molecule has 1 saturated carbocycles. The second-order valence-electron chi connectivity index (χ2n) is 4.60. The van der Waals surface area contributed by atoms with Crippen LogP contribution in [0.25, 0.3) is 0 Å². The quantitative estimate of drug-likeness (QED) is 0.660. The number of rotatable bonds is 1. The Bertz CT molecular complexity index is 262. The zero-order valence-corrected chi connectivity index (χ0v) is 9.19. The van der Waals surface area contributed by atoms with E-state index in [9.17, 15) is 4.79 Å². The normalized spacial score (nSPS) is 31.7. The van der Waals surface area contributed by atoms with Crippen LogP contribution >= 0.6 is 0 Å². The Morgan fingerprint density at radius 1 is 1.27 bits per heavy atom. The predicted molar refractivity (Wildman–Crippen MR) is 60.3 cm³/mol. The summed E-state index contributed by atoms with van der Waals surface area (Å²) >= 11 is 0. The molecule has 2 atom stereocenters. The molecule has 2 N–H and O–H groups in total. The van der Waals surface area contributed by atoms with Crippen LogP contribution in [0.1, 0.15) is 32.1 Å². The minimum Gasteiger partial charge on any atom is -0.338 e. The number of carbonyl (C=O) groups is 1. The van der Waals surface area contributed by atoms with Crippen LogP contribution in [-0.4, -0.2) is 29.9 Å². The van der Waals surface area contributed by atoms with Gasteiger partial charge in [-0.15, -0.1) is 0 Å². The van der Waals surface area contributed by atoms with Crippen LogP contribution in [0.3, 0.4) is 0 Å². The number of carbonyl (C=O) groups excluding carboxylic acids is 1. The topological polar surface area (TPSA) is 46.3 Å². The highest BCUT2D eigenvalue weighted by atomic mass is 16.2. The highest BCUT2D eigenvalue weighted by Crippen LogP contribution is 2.25. The summed E-state index contributed by atoms with van der Waals surface area (Å²) in [5.74, 6) is 0.372. The Labute approximate surface area is 91.3 Å². The van der Waals surface area contributed by atoms with Crippen LogP contribution in [0.5, 0.6) is 0 Å². The predicted octanol–water partition coefficient (Wildman–Crippen LogP) is 1.29. The smallest absolute Gasteiger partial charge is 0.227 e. The molecule has 0 radical (unpaired) electrons. The van der Waals surface area contributed by atoms with Crippen LogP contribution < -0.4 is 5.73 Å². The first-order valence-electron chi connectivity index (χ1n) is 5.98. The van der Waals surface area contributed by atoms with E-state index in [0.29, 0.717) is 0 Å². The number of hydrogen-bond acceptors (Lipinski definition) is 2. The molecule has 0 aromatic rings. The van der Waals surface area contributed by atoms with Gasteiger partial charge >= 0.3 is 0 Å². The summed E-state index contributed by atoms with van der Waals surface area (Å²) in [5.41, 5.74) is 6.02. The summed E-state index contributed by atoms with van der Waals surface area (Å²) < 4.78 is 0. The van der Waals surface area contributed by atoms with Crippen LogP contribution in [0, 0.1) is 5.92 Å². The number of nitrogens with two attached hydrogens (primary N) is 1. The molecule has 1 aliphatic carbocycles. The fourth-order valence-electron chi connectivity index (χ4n) is 2.54. The molecular weight excluding hydrogens is 188 g/mol. The Kier molecular flexibility index (Phi) is 3.41. The summed E-state index contributed by atoms with van der Waals surface area (Å²) in [6.07, 6.45) is 9.56. The van der Waals surface area contributed by atoms with Crippen LogP contribution in [0.15, 0.2) is 12.2 Å². The van der Waals surface area contributed by atoms with Crippen molar-refractivity contribution in [3.63, 3.8) is 0 Å². The SMILES string of the molecule is NC1CCCCC1C(=O)N1CC=CCC1. The second kappa shape index (κ2) is 4.79. The van der Waals surface area contributed by atoms with Crippen LogP contribution in [-0.2, 0) is 4.79 Å². The van der Waals surface area contributed by atoms with Gasteiger partial charge in [-0.3, -0.25) is 4.79 Å². The van der Waals surface area contributed by atoms with Gasteiger partial charge in [0, 0.05) is 19.1 Å². The Balaban J connectivity index is 1.96. The number of nitrogens with zero attached hydrogens (tertiary/aromatic N) is 1. The Morgan fingerprint density at radius 2 is 2.07 bits per heavy atom. The molecule has 1 aliphatic heterocycles. The van der Waals surface area contributed by atoms with Gasteiger partial charge in [-0.25, -0.2) is 0 Å². The molecule has 1 amide bonds. The molecule has 84 valence electrons. The van der Waals surface area contributed by atoms with Gasteiger partial charge < -0.3 is 10.6 Å². The molecule has 3 nitrogen and oxygen atoms in total. The molecule has 0 aromatic carbocycles. The van der Waals surface area contributed by atoms with E-state index in [1.165, 1.54) is 6.42 Å². The summed E-state index contributed by atoms with van der Waals surface area (Å²) in [6.45, 7) is 1.65. The van der Waals surface area contributed by atoms with Crippen molar-refractivity contribution in [2.75, 3.05) is 13.1 Å². The summed E-state index contributed by atoms with van der Waals surface area (Å²) in [6, 6.07) is 0.0946. The van der Waals surface area contributed by atoms with Gasteiger partial charge in [0.2, 0.25) is 5.91 Å². The van der Waals surface area contributed by atoms with Crippen molar-refractivity contribution in [1.82, 2.24) is 4.90 Å². The first-order chi connectivity index (χ1) is 7.29. The van der Waals surface area contributed by atoms with Crippen LogP contribution in [0.4, 0.5) is 0 Å². The fourth-order valence-corrected chi connectivity index (χ4v) is 2.54. The molecule has 2 rings (SSSR count). The molecule has 0 saturated heterocycles. The van der Waals surface area contributed by atoms with Gasteiger partial charge in [-0.05, 0) is 19.3 Å². The van der Waals surface area contributed by atoms with Crippen molar-refractivity contribution in [2.45, 2.75) is 38.1 Å². The van der Waals surface area contributed by atoms with Crippen molar-refractivity contribution >= 4 is 5.91 Å². The standard InChI is InChI=1S/C12H20N2O/c13-11-7-3-2-6-10(11)12(15)14-8-4-1-5-9-14/h1,4,10-11H,2-3,5-9,13H2. The van der Waals surface area contributed by atoms with Gasteiger partial charge in [-0.1, -0.05) is 25.0 Å². The van der Waals surface area contributed by atoms with Gasteiger partial charge in [-0.2, -0.15) is 0 Å². The zero-order valence-electron chi connectivity index (χ0n) is 9.19. The van der Waals surface area contributed by atoms with E-state index >= 15 is 0 Å². The zero-order chi connectivity index (χ0) is 10.7. The highest BCUT2D eigenvalue weighted by Gasteiger charge is 2.31. The molecule has 2 aliphatic rings. The largest absolute Gasteiger partial charge is 0.338 e. The van der Waals surface area contributed by atoms with E-state index in [1.807, 2.05) is 4.90 Å². The van der Waals surface area contributed by atoms with Crippen molar-refractivity contribution in [3.8, 4) is 0 Å². The van der Waals surface area contributed by atoms with Crippen molar-refractivity contribution in [3.05, 3.63) is 12.2 Å². The van der Waals surface area contributed by atoms with Gasteiger partial charge in [0.25, 0.3) is 0 Å². The van der Waals surface area contributed by atoms with Crippen LogP contribution in [0.2, 0.25) is 0 Å². The lowest BCUT2D eigenvalue weighted by molar-refractivity contribution is -0.136. The van der Waals surface area contributed by atoms with Gasteiger partial charge in [0.1, 0.15) is 0 Å². The average Bonchev–Trinajstić information content (AvgIpc) is 2.30. The van der Waals surface area contributed by atoms with Gasteiger partial charge in [0.15, 0.2) is 0 Å². The van der Waals surface area contributed by atoms with Crippen molar-refractivity contribution in [1.29, 1.82) is 0 Å². The van der Waals surface area contributed by atoms with Crippen molar-refractivity contribution in [2.24, 2.45) is 11.7 Å². The van der Waals surface area contributed by atoms with E-state index in [4.69, 9.17) is 5.73 Å². The minimum atomic E-state index is 0.0882. The molecule has 1 heterocycles. The lowest BCUT2D eigenvalue weighted by Gasteiger charge is -2.33. The fraction of sp³-hybridized carbons (Fsp3) is 0.750. The lowest BCUT2D eigenvalue weighted by Crippen LogP contribution is -2.46. The van der Waals surface area contributed by atoms with E-state index in [0.717, 1.165) is 38.8 Å². The van der Waals surface area contributed by atoms with E-state index in [-0.39, 0.29) is 17.9 Å². The number of hydrogen-bond donors (Lipinski definition) is 1. The maximum absolute atomic E-state index is 12.2. The maximum atomic E-state index is 12.2. The molecule has 0 aromatic heterocycles. The monoisotopic (exact) mass is 208 g/mol. The third kappa shape index (κ3) is 2.40. The third-order valence-corrected chi connectivity index (χ3v) is 3.51. The highest BCUT2D eigenvalue weighted by molar-refractivity contribution is 5.80. The summed E-state index contributed by atoms with van der Waals surface area (Å²) in [7, 11) is 0. The second-order valence-corrected chi connectivity index (χ2v) is 4.60.